The van der Waals surface area contributed by atoms with E-state index in [0.717, 1.165) is 24.3 Å². The molecule has 0 spiro atoms. The molecule has 10 nitrogen and oxygen atoms in total. The maximum absolute atomic E-state index is 14.6. The van der Waals surface area contributed by atoms with Crippen molar-refractivity contribution in [2.45, 2.75) is 0 Å². The Labute approximate surface area is 242 Å². The van der Waals surface area contributed by atoms with Crippen molar-refractivity contribution in [3.05, 3.63) is 108 Å². The van der Waals surface area contributed by atoms with Gasteiger partial charge in [-0.15, -0.1) is 0 Å². The second-order valence-corrected chi connectivity index (χ2v) is 7.95. The molecule has 16 heteroatoms. The number of hydrogen-bond donors (Lipinski definition) is 0. The zero-order valence-corrected chi connectivity index (χ0v) is 21.8. The van der Waals surface area contributed by atoms with Crippen LogP contribution in [0.15, 0.2) is 73.3 Å². The van der Waals surface area contributed by atoms with Crippen molar-refractivity contribution < 1.29 is 73.9 Å². The van der Waals surface area contributed by atoms with Gasteiger partial charge in [0.05, 0.1) is 11.1 Å². The summed E-state index contributed by atoms with van der Waals surface area (Å²) in [7, 11) is 0. The van der Waals surface area contributed by atoms with Gasteiger partial charge in [-0.3, -0.25) is 0 Å². The highest BCUT2D eigenvalue weighted by Crippen LogP contribution is 2.30. The van der Waals surface area contributed by atoms with E-state index in [1.54, 1.807) is 0 Å². The van der Waals surface area contributed by atoms with E-state index in [4.69, 9.17) is 9.47 Å². The first-order valence-electron chi connectivity index (χ1n) is 11.6. The molecule has 0 saturated carbocycles. The summed E-state index contributed by atoms with van der Waals surface area (Å²) in [6, 6.07) is 6.37. The van der Waals surface area contributed by atoms with Crippen LogP contribution in [0.5, 0.6) is 23.0 Å². The lowest BCUT2D eigenvalue weighted by Gasteiger charge is -2.11. The SMILES string of the molecule is C=C(F)C(=O)OCOc1ccc(C(=O)Oc2ccc(OC(=O)c3ccc(OCOC(=O)C(=C)F)cc3F)c(F)c2F)c(F)c1. The van der Waals surface area contributed by atoms with E-state index in [1.165, 1.54) is 0 Å². The molecule has 0 aliphatic rings. The number of ether oxygens (including phenoxy) is 6. The van der Waals surface area contributed by atoms with Gasteiger partial charge in [-0.2, -0.15) is 17.6 Å². The Morgan fingerprint density at radius 3 is 1.27 bits per heavy atom. The standard InChI is InChI=1S/C28H16F6O10/c1-13(29)25(35)41-11-39-15-3-5-17(19(31)9-15)27(37)43-21-7-8-22(24(34)23(21)33)44-28(38)18-6-4-16(10-20(18)32)40-12-42-26(36)14(2)30/h3-10H,1-2,11-12H2. The van der Waals surface area contributed by atoms with Crippen molar-refractivity contribution in [3.63, 3.8) is 0 Å². The first-order valence-corrected chi connectivity index (χ1v) is 11.6. The maximum atomic E-state index is 14.6. The van der Waals surface area contributed by atoms with Crippen LogP contribution in [0.25, 0.3) is 0 Å². The molecule has 3 aromatic carbocycles. The average molecular weight is 626 g/mol. The highest BCUT2D eigenvalue weighted by Gasteiger charge is 2.24. The van der Waals surface area contributed by atoms with E-state index in [1.807, 2.05) is 0 Å². The van der Waals surface area contributed by atoms with E-state index < -0.39 is 95.0 Å². The van der Waals surface area contributed by atoms with Crippen LogP contribution in [0.4, 0.5) is 26.3 Å². The smallest absolute Gasteiger partial charge is 0.369 e. The predicted molar refractivity (Wildman–Crippen MR) is 133 cm³/mol. The number of carbonyl (C=O) groups excluding carboxylic acids is 4. The van der Waals surface area contributed by atoms with Crippen LogP contribution in [0.1, 0.15) is 20.7 Å². The minimum atomic E-state index is -1.82. The topological polar surface area (TPSA) is 124 Å². The number of benzene rings is 3. The molecule has 3 rings (SSSR count). The highest BCUT2D eigenvalue weighted by molar-refractivity contribution is 5.92. The van der Waals surface area contributed by atoms with Gasteiger partial charge in [0.2, 0.25) is 36.9 Å². The molecule has 0 N–H and O–H groups in total. The molecule has 0 amide bonds. The molecule has 0 atom stereocenters. The van der Waals surface area contributed by atoms with Crippen molar-refractivity contribution in [2.24, 2.45) is 0 Å². The molecule has 0 aliphatic heterocycles. The van der Waals surface area contributed by atoms with E-state index in [-0.39, 0.29) is 11.5 Å². The molecule has 3 aromatic rings. The fraction of sp³-hybridized carbons (Fsp3) is 0.0714. The summed E-state index contributed by atoms with van der Waals surface area (Å²) in [5.74, 6) is -17.3. The van der Waals surface area contributed by atoms with Gasteiger partial charge in [0.1, 0.15) is 23.1 Å². The Balaban J connectivity index is 1.63. The molecule has 0 aromatic heterocycles. The summed E-state index contributed by atoms with van der Waals surface area (Å²) < 4.78 is 111. The van der Waals surface area contributed by atoms with Gasteiger partial charge in [-0.1, -0.05) is 13.2 Å². The van der Waals surface area contributed by atoms with Crippen LogP contribution in [0.3, 0.4) is 0 Å². The van der Waals surface area contributed by atoms with E-state index >= 15 is 0 Å². The van der Waals surface area contributed by atoms with Gasteiger partial charge in [0.15, 0.2) is 11.5 Å². The summed E-state index contributed by atoms with van der Waals surface area (Å²) in [6.07, 6.45) is 0. The Kier molecular flexibility index (Phi) is 10.7. The molecule has 0 bridgehead atoms. The summed E-state index contributed by atoms with van der Waals surface area (Å²) in [5, 5.41) is 0. The summed E-state index contributed by atoms with van der Waals surface area (Å²) in [5.41, 5.74) is -1.51. The molecular weight excluding hydrogens is 610 g/mol. The van der Waals surface area contributed by atoms with Gasteiger partial charge in [-0.25, -0.2) is 28.0 Å². The summed E-state index contributed by atoms with van der Waals surface area (Å²) in [4.78, 5) is 46.6. The molecule has 0 fully saturated rings. The van der Waals surface area contributed by atoms with Crippen LogP contribution in [0.2, 0.25) is 0 Å². The normalized spacial score (nSPS) is 10.3. The van der Waals surface area contributed by atoms with E-state index in [0.29, 0.717) is 24.3 Å². The molecular formula is C28H16F6O10. The summed E-state index contributed by atoms with van der Waals surface area (Å²) >= 11 is 0. The average Bonchev–Trinajstić information content (AvgIpc) is 2.96. The molecule has 0 aliphatic carbocycles. The van der Waals surface area contributed by atoms with Crippen LogP contribution < -0.4 is 18.9 Å². The van der Waals surface area contributed by atoms with E-state index in [2.05, 4.69) is 32.1 Å². The number of hydrogen-bond acceptors (Lipinski definition) is 10. The third-order valence-electron chi connectivity index (χ3n) is 5.01. The van der Waals surface area contributed by atoms with Gasteiger partial charge in [-0.05, 0) is 36.4 Å². The van der Waals surface area contributed by atoms with Crippen molar-refractivity contribution in [1.29, 1.82) is 0 Å². The first-order chi connectivity index (χ1) is 20.8. The van der Waals surface area contributed by atoms with E-state index in [9.17, 15) is 45.5 Å². The summed E-state index contributed by atoms with van der Waals surface area (Å²) in [6.45, 7) is 3.76. The fourth-order valence-corrected chi connectivity index (χ4v) is 2.94. The molecule has 0 saturated heterocycles. The Hall–Kier alpha value is -5.80. The Morgan fingerprint density at radius 2 is 0.955 bits per heavy atom. The number of rotatable bonds is 12. The Bertz CT molecular complexity index is 1540. The van der Waals surface area contributed by atoms with Crippen LogP contribution in [0, 0.1) is 23.3 Å². The third kappa shape index (κ3) is 8.37. The quantitative estimate of drug-likeness (QED) is 0.0848. The van der Waals surface area contributed by atoms with Crippen LogP contribution in [-0.4, -0.2) is 37.5 Å². The zero-order valence-electron chi connectivity index (χ0n) is 21.8. The van der Waals surface area contributed by atoms with Gasteiger partial charge in [0.25, 0.3) is 0 Å². The van der Waals surface area contributed by atoms with Crippen molar-refractivity contribution in [1.82, 2.24) is 0 Å². The minimum Gasteiger partial charge on any atom is -0.457 e. The third-order valence-corrected chi connectivity index (χ3v) is 5.01. The van der Waals surface area contributed by atoms with Gasteiger partial charge < -0.3 is 28.4 Å². The van der Waals surface area contributed by atoms with Gasteiger partial charge in [0, 0.05) is 12.1 Å². The lowest BCUT2D eigenvalue weighted by atomic mass is 10.2. The van der Waals surface area contributed by atoms with Crippen molar-refractivity contribution in [2.75, 3.05) is 13.6 Å². The second-order valence-electron chi connectivity index (χ2n) is 7.95. The molecule has 44 heavy (non-hydrogen) atoms. The highest BCUT2D eigenvalue weighted by atomic mass is 19.2. The molecule has 0 unspecified atom stereocenters. The fourth-order valence-electron chi connectivity index (χ4n) is 2.94. The van der Waals surface area contributed by atoms with Crippen LogP contribution in [-0.2, 0) is 19.1 Å². The lowest BCUT2D eigenvalue weighted by molar-refractivity contribution is -0.148. The second kappa shape index (κ2) is 14.4. The minimum absolute atomic E-state index is 0.260. The predicted octanol–water partition coefficient (Wildman–Crippen LogP) is 5.41. The lowest BCUT2D eigenvalue weighted by Crippen LogP contribution is -2.15. The molecule has 0 heterocycles. The number of carbonyl (C=O) groups is 4. The number of halogens is 6. The molecule has 0 radical (unpaired) electrons. The van der Waals surface area contributed by atoms with Gasteiger partial charge >= 0.3 is 23.9 Å². The van der Waals surface area contributed by atoms with Crippen LogP contribution >= 0.6 is 0 Å². The monoisotopic (exact) mass is 626 g/mol. The number of esters is 4. The Morgan fingerprint density at radius 1 is 0.591 bits per heavy atom. The molecule has 230 valence electrons. The van der Waals surface area contributed by atoms with Crippen molar-refractivity contribution in [3.8, 4) is 23.0 Å². The van der Waals surface area contributed by atoms with Crippen molar-refractivity contribution >= 4 is 23.9 Å². The largest absolute Gasteiger partial charge is 0.457 e. The first kappa shape index (κ1) is 32.7. The maximum Gasteiger partial charge on any atom is 0.369 e. The zero-order chi connectivity index (χ0) is 32.6.